The molecule has 11 heteroatoms. The maximum atomic E-state index is 12.5. The molecule has 0 atom stereocenters. The zero-order valence-corrected chi connectivity index (χ0v) is 22.3. The smallest absolute Gasteiger partial charge is 0.308 e. The molecule has 1 amide bonds. The third kappa shape index (κ3) is 6.63. The molecule has 0 bridgehead atoms. The molecule has 0 saturated carbocycles. The summed E-state index contributed by atoms with van der Waals surface area (Å²) in [7, 11) is 1.47. The maximum Gasteiger partial charge on any atom is 0.308 e. The van der Waals surface area contributed by atoms with E-state index in [0.717, 1.165) is 15.7 Å². The molecular formula is C26H22BrN5O4S. The summed E-state index contributed by atoms with van der Waals surface area (Å²) in [6.45, 7) is 1.29. The second kappa shape index (κ2) is 12.3. The Hall–Kier alpha value is -3.96. The summed E-state index contributed by atoms with van der Waals surface area (Å²) in [5, 5.41) is 13.3. The third-order valence-corrected chi connectivity index (χ3v) is 6.41. The van der Waals surface area contributed by atoms with Crippen molar-refractivity contribution in [2.75, 3.05) is 12.9 Å². The molecule has 37 heavy (non-hydrogen) atoms. The summed E-state index contributed by atoms with van der Waals surface area (Å²) < 4.78 is 13.3. The van der Waals surface area contributed by atoms with E-state index in [1.54, 1.807) is 18.2 Å². The molecule has 9 nitrogen and oxygen atoms in total. The molecule has 0 fully saturated rings. The fourth-order valence-electron chi connectivity index (χ4n) is 3.34. The van der Waals surface area contributed by atoms with Gasteiger partial charge in [-0.1, -0.05) is 64.1 Å². The number of para-hydroxylation sites is 1. The van der Waals surface area contributed by atoms with Crippen LogP contribution in [0.15, 0.2) is 87.5 Å². The summed E-state index contributed by atoms with van der Waals surface area (Å²) in [5.74, 6) is 0.480. The van der Waals surface area contributed by atoms with Crippen LogP contribution < -0.4 is 14.9 Å². The first-order valence-electron chi connectivity index (χ1n) is 11.0. The van der Waals surface area contributed by atoms with Gasteiger partial charge in [-0.2, -0.15) is 5.10 Å². The summed E-state index contributed by atoms with van der Waals surface area (Å²) >= 11 is 4.70. The maximum absolute atomic E-state index is 12.5. The molecule has 0 unspecified atom stereocenters. The van der Waals surface area contributed by atoms with E-state index < -0.39 is 5.97 Å². The van der Waals surface area contributed by atoms with Crippen LogP contribution in [0.4, 0.5) is 0 Å². The zero-order valence-electron chi connectivity index (χ0n) is 19.9. The highest BCUT2D eigenvalue weighted by molar-refractivity contribution is 9.10. The number of carbonyl (C=O) groups excluding carboxylic acids is 2. The fourth-order valence-corrected chi connectivity index (χ4v) is 4.35. The molecule has 4 rings (SSSR count). The second-order valence-electron chi connectivity index (χ2n) is 7.54. The highest BCUT2D eigenvalue weighted by Gasteiger charge is 2.17. The van der Waals surface area contributed by atoms with Crippen LogP contribution in [0.2, 0.25) is 0 Å². The molecule has 0 radical (unpaired) electrons. The van der Waals surface area contributed by atoms with Crippen molar-refractivity contribution < 1.29 is 19.1 Å². The monoisotopic (exact) mass is 579 g/mol. The Labute approximate surface area is 226 Å². The number of benzene rings is 3. The molecule has 3 aromatic carbocycles. The van der Waals surface area contributed by atoms with Crippen LogP contribution in [0.3, 0.4) is 0 Å². The van der Waals surface area contributed by atoms with Gasteiger partial charge in [0, 0.05) is 28.2 Å². The first kappa shape index (κ1) is 26.1. The van der Waals surface area contributed by atoms with Gasteiger partial charge < -0.3 is 9.47 Å². The van der Waals surface area contributed by atoms with Gasteiger partial charge in [0.15, 0.2) is 22.5 Å². The third-order valence-electron chi connectivity index (χ3n) is 4.95. The molecule has 1 aromatic heterocycles. The van der Waals surface area contributed by atoms with Gasteiger partial charge in [0.05, 0.1) is 19.1 Å². The number of nitrogens with zero attached hydrogens (tertiary/aromatic N) is 4. The lowest BCUT2D eigenvalue weighted by Gasteiger charge is -2.11. The average molecular weight is 580 g/mol. The topological polar surface area (TPSA) is 108 Å². The second-order valence-corrected chi connectivity index (χ2v) is 9.40. The van der Waals surface area contributed by atoms with E-state index in [2.05, 4.69) is 36.7 Å². The number of rotatable bonds is 9. The molecule has 188 valence electrons. The molecule has 1 heterocycles. The Bertz CT molecular complexity index is 1420. The van der Waals surface area contributed by atoms with Gasteiger partial charge >= 0.3 is 5.97 Å². The van der Waals surface area contributed by atoms with E-state index in [-0.39, 0.29) is 17.4 Å². The van der Waals surface area contributed by atoms with Crippen LogP contribution >= 0.6 is 27.7 Å². The molecule has 4 aromatic rings. The Morgan fingerprint density at radius 3 is 2.51 bits per heavy atom. The average Bonchev–Trinajstić information content (AvgIpc) is 3.33. The van der Waals surface area contributed by atoms with E-state index >= 15 is 0 Å². The van der Waals surface area contributed by atoms with Gasteiger partial charge in [-0.25, -0.2) is 5.43 Å². The Balaban J connectivity index is 1.49. The fraction of sp³-hybridized carbons (Fsp3) is 0.115. The number of methoxy groups -OCH3 is 1. The lowest BCUT2D eigenvalue weighted by Crippen LogP contribution is -2.20. The van der Waals surface area contributed by atoms with E-state index in [4.69, 9.17) is 9.47 Å². The minimum Gasteiger partial charge on any atom is -0.493 e. The quantitative estimate of drug-likeness (QED) is 0.0990. The number of carbonyl (C=O) groups is 2. The van der Waals surface area contributed by atoms with Crippen molar-refractivity contribution >= 4 is 45.8 Å². The Morgan fingerprint density at radius 1 is 1.05 bits per heavy atom. The minimum atomic E-state index is -0.496. The SMILES string of the molecule is COc1cccc(C=NNC(=O)CSc2nnc(-c3ccccc3)n2-c2ccc(Br)cc2)c1OC(C)=O. The first-order valence-corrected chi connectivity index (χ1v) is 12.8. The summed E-state index contributed by atoms with van der Waals surface area (Å²) in [4.78, 5) is 24.0. The van der Waals surface area contributed by atoms with Crippen molar-refractivity contribution in [2.24, 2.45) is 5.10 Å². The number of ether oxygens (including phenoxy) is 2. The van der Waals surface area contributed by atoms with Gasteiger partial charge in [-0.15, -0.1) is 10.2 Å². The molecular weight excluding hydrogens is 558 g/mol. The van der Waals surface area contributed by atoms with Crippen LogP contribution in [0, 0.1) is 0 Å². The molecule has 0 saturated heterocycles. The lowest BCUT2D eigenvalue weighted by atomic mass is 10.2. The van der Waals surface area contributed by atoms with Crippen LogP contribution in [-0.2, 0) is 9.59 Å². The number of aromatic nitrogens is 3. The lowest BCUT2D eigenvalue weighted by molar-refractivity contribution is -0.132. The highest BCUT2D eigenvalue weighted by atomic mass is 79.9. The molecule has 0 aliphatic rings. The number of thioether (sulfide) groups is 1. The van der Waals surface area contributed by atoms with Gasteiger partial charge in [0.1, 0.15) is 0 Å². The molecule has 0 spiro atoms. The molecule has 0 aliphatic carbocycles. The minimum absolute atomic E-state index is 0.0513. The van der Waals surface area contributed by atoms with Gasteiger partial charge in [0.25, 0.3) is 5.91 Å². The number of esters is 1. The van der Waals surface area contributed by atoms with Crippen molar-refractivity contribution in [3.05, 3.63) is 82.8 Å². The standard InChI is InChI=1S/C26H22BrN5O4S/c1-17(33)36-24-19(9-6-10-22(24)35-2)15-28-29-23(34)16-37-26-31-30-25(18-7-4-3-5-8-18)32(26)21-13-11-20(27)12-14-21/h3-15H,16H2,1-2H3,(H,29,34). The first-order chi connectivity index (χ1) is 18.0. The van der Waals surface area contributed by atoms with Crippen LogP contribution in [0.1, 0.15) is 12.5 Å². The van der Waals surface area contributed by atoms with Gasteiger partial charge in [-0.3, -0.25) is 14.2 Å². The summed E-state index contributed by atoms with van der Waals surface area (Å²) in [6.07, 6.45) is 1.39. The highest BCUT2D eigenvalue weighted by Crippen LogP contribution is 2.30. The van der Waals surface area contributed by atoms with E-state index in [1.165, 1.54) is 32.0 Å². The van der Waals surface area contributed by atoms with Gasteiger partial charge in [0.2, 0.25) is 0 Å². The van der Waals surface area contributed by atoms with Crippen molar-refractivity contribution in [3.63, 3.8) is 0 Å². The van der Waals surface area contributed by atoms with Gasteiger partial charge in [-0.05, 0) is 36.4 Å². The summed E-state index contributed by atoms with van der Waals surface area (Å²) in [6, 6.07) is 22.6. The Morgan fingerprint density at radius 2 is 1.81 bits per heavy atom. The van der Waals surface area contributed by atoms with Crippen LogP contribution in [-0.4, -0.2) is 45.7 Å². The van der Waals surface area contributed by atoms with Crippen LogP contribution in [0.25, 0.3) is 17.1 Å². The largest absolute Gasteiger partial charge is 0.493 e. The van der Waals surface area contributed by atoms with E-state index in [0.29, 0.717) is 22.3 Å². The number of hydrogen-bond donors (Lipinski definition) is 1. The van der Waals surface area contributed by atoms with E-state index in [9.17, 15) is 9.59 Å². The van der Waals surface area contributed by atoms with Crippen molar-refractivity contribution in [2.45, 2.75) is 12.1 Å². The van der Waals surface area contributed by atoms with Crippen molar-refractivity contribution in [1.82, 2.24) is 20.2 Å². The van der Waals surface area contributed by atoms with E-state index in [1.807, 2.05) is 59.2 Å². The number of amides is 1. The van der Waals surface area contributed by atoms with Crippen LogP contribution in [0.5, 0.6) is 11.5 Å². The number of hydrazone groups is 1. The Kier molecular flexibility index (Phi) is 8.70. The zero-order chi connectivity index (χ0) is 26.2. The predicted molar refractivity (Wildman–Crippen MR) is 145 cm³/mol. The summed E-state index contributed by atoms with van der Waals surface area (Å²) in [5.41, 5.74) is 4.73. The van der Waals surface area contributed by atoms with Crippen molar-refractivity contribution in [1.29, 1.82) is 0 Å². The number of nitrogens with one attached hydrogen (secondary N) is 1. The molecule has 1 N–H and O–H groups in total. The van der Waals surface area contributed by atoms with Crippen molar-refractivity contribution in [3.8, 4) is 28.6 Å². The number of halogens is 1. The number of hydrogen-bond acceptors (Lipinski definition) is 8. The predicted octanol–water partition coefficient (Wildman–Crippen LogP) is 4.87. The molecule has 0 aliphatic heterocycles. The normalized spacial score (nSPS) is 10.9.